The first-order valence-corrected chi connectivity index (χ1v) is 10.4. The van der Waals surface area contributed by atoms with E-state index in [4.69, 9.17) is 16.6 Å². The summed E-state index contributed by atoms with van der Waals surface area (Å²) < 4.78 is 5.72. The van der Waals surface area contributed by atoms with Gasteiger partial charge >= 0.3 is 0 Å². The number of amides is 1. The molecular weight excluding hydrogens is 370 g/mol. The quantitative estimate of drug-likeness (QED) is 0.691. The third kappa shape index (κ3) is 6.37. The Balaban J connectivity index is 1.56. The summed E-state index contributed by atoms with van der Waals surface area (Å²) >= 11 is 5.60. The van der Waals surface area contributed by atoms with Crippen molar-refractivity contribution in [2.75, 3.05) is 6.54 Å². The van der Waals surface area contributed by atoms with E-state index in [2.05, 4.69) is 22.8 Å². The normalized spacial score (nSPS) is 14.5. The fourth-order valence-electron chi connectivity index (χ4n) is 3.55. The fourth-order valence-corrected chi connectivity index (χ4v) is 3.76. The van der Waals surface area contributed by atoms with Crippen molar-refractivity contribution in [2.24, 2.45) is 0 Å². The van der Waals surface area contributed by atoms with Crippen LogP contribution in [0.25, 0.3) is 0 Å². The predicted octanol–water partition coefficient (Wildman–Crippen LogP) is 3.91. The van der Waals surface area contributed by atoms with Gasteiger partial charge in [0.25, 0.3) is 0 Å². The van der Waals surface area contributed by atoms with Crippen LogP contribution >= 0.6 is 12.2 Å². The van der Waals surface area contributed by atoms with Crippen LogP contribution in [0.1, 0.15) is 49.2 Å². The molecule has 0 aliphatic heterocycles. The van der Waals surface area contributed by atoms with E-state index < -0.39 is 0 Å². The monoisotopic (exact) mass is 399 g/mol. The van der Waals surface area contributed by atoms with Crippen LogP contribution in [0.15, 0.2) is 46.9 Å². The molecule has 1 aliphatic rings. The van der Waals surface area contributed by atoms with Gasteiger partial charge in [0.1, 0.15) is 11.5 Å². The molecule has 2 N–H and O–H groups in total. The molecule has 1 heterocycles. The number of nitrogens with one attached hydrogen (secondary N) is 2. The zero-order chi connectivity index (χ0) is 19.8. The molecule has 3 rings (SSSR count). The Morgan fingerprint density at radius 3 is 2.54 bits per heavy atom. The van der Waals surface area contributed by atoms with Gasteiger partial charge in [0.2, 0.25) is 5.91 Å². The molecule has 5 nitrogen and oxygen atoms in total. The third-order valence-corrected chi connectivity index (χ3v) is 5.42. The molecule has 2 aromatic rings. The number of rotatable bonds is 7. The Morgan fingerprint density at radius 2 is 1.86 bits per heavy atom. The van der Waals surface area contributed by atoms with E-state index >= 15 is 0 Å². The summed E-state index contributed by atoms with van der Waals surface area (Å²) in [6, 6.07) is 14.4. The Bertz CT molecular complexity index is 769. The first-order valence-electron chi connectivity index (χ1n) is 10.0. The maximum absolute atomic E-state index is 12.3. The summed E-state index contributed by atoms with van der Waals surface area (Å²) in [6.45, 7) is 3.32. The SMILES string of the molecule is Cc1ccc(CN(Cc2ccccc2)C(=S)NCC(=O)NC2CCCCC2)o1. The van der Waals surface area contributed by atoms with E-state index in [-0.39, 0.29) is 12.5 Å². The molecule has 1 aliphatic carbocycles. The number of aryl methyl sites for hydroxylation is 1. The highest BCUT2D eigenvalue weighted by Gasteiger charge is 2.17. The number of benzene rings is 1. The van der Waals surface area contributed by atoms with Crippen molar-refractivity contribution in [2.45, 2.75) is 58.2 Å². The average molecular weight is 400 g/mol. The first kappa shape index (κ1) is 20.4. The lowest BCUT2D eigenvalue weighted by Crippen LogP contribution is -2.46. The van der Waals surface area contributed by atoms with Crippen molar-refractivity contribution in [3.63, 3.8) is 0 Å². The average Bonchev–Trinajstić information content (AvgIpc) is 3.12. The van der Waals surface area contributed by atoms with Crippen molar-refractivity contribution in [1.82, 2.24) is 15.5 Å². The molecular formula is C22H29N3O2S. The minimum atomic E-state index is 0.00255. The number of carbonyl (C=O) groups is 1. The van der Waals surface area contributed by atoms with E-state index in [1.807, 2.05) is 42.2 Å². The first-order chi connectivity index (χ1) is 13.6. The van der Waals surface area contributed by atoms with Crippen molar-refractivity contribution in [3.8, 4) is 0 Å². The van der Waals surface area contributed by atoms with E-state index in [0.29, 0.717) is 24.2 Å². The molecule has 150 valence electrons. The Morgan fingerprint density at radius 1 is 1.11 bits per heavy atom. The number of nitrogens with zero attached hydrogens (tertiary/aromatic N) is 1. The lowest BCUT2D eigenvalue weighted by atomic mass is 9.95. The van der Waals surface area contributed by atoms with Gasteiger partial charge in [-0.25, -0.2) is 0 Å². The number of hydrogen-bond donors (Lipinski definition) is 2. The molecule has 0 unspecified atom stereocenters. The van der Waals surface area contributed by atoms with Gasteiger partial charge in [-0.15, -0.1) is 0 Å². The van der Waals surface area contributed by atoms with Gasteiger partial charge in [-0.05, 0) is 49.7 Å². The van der Waals surface area contributed by atoms with Crippen LogP contribution in [0, 0.1) is 6.92 Å². The molecule has 0 atom stereocenters. The largest absolute Gasteiger partial charge is 0.464 e. The Labute approximate surface area is 172 Å². The standard InChI is InChI=1S/C22H29N3O2S/c1-17-12-13-20(27-17)16-25(15-18-8-4-2-5-9-18)22(28)23-14-21(26)24-19-10-6-3-7-11-19/h2,4-5,8-9,12-13,19H,3,6-7,10-11,14-16H2,1H3,(H,23,28)(H,24,26). The smallest absolute Gasteiger partial charge is 0.239 e. The summed E-state index contributed by atoms with van der Waals surface area (Å²) in [5.41, 5.74) is 1.15. The van der Waals surface area contributed by atoms with E-state index in [1.54, 1.807) is 0 Å². The van der Waals surface area contributed by atoms with Crippen LogP contribution in [0.5, 0.6) is 0 Å². The van der Waals surface area contributed by atoms with Crippen molar-refractivity contribution in [3.05, 3.63) is 59.5 Å². The van der Waals surface area contributed by atoms with Gasteiger partial charge in [-0.1, -0.05) is 49.6 Å². The number of hydrogen-bond acceptors (Lipinski definition) is 3. The molecule has 1 amide bonds. The molecule has 0 bridgehead atoms. The topological polar surface area (TPSA) is 57.5 Å². The van der Waals surface area contributed by atoms with E-state index in [1.165, 1.54) is 19.3 Å². The van der Waals surface area contributed by atoms with Crippen LogP contribution in [-0.2, 0) is 17.9 Å². The lowest BCUT2D eigenvalue weighted by molar-refractivity contribution is -0.120. The molecule has 1 saturated carbocycles. The molecule has 1 aromatic carbocycles. The fraction of sp³-hybridized carbons (Fsp3) is 0.455. The van der Waals surface area contributed by atoms with Crippen LogP contribution in [0.2, 0.25) is 0 Å². The highest BCUT2D eigenvalue weighted by Crippen LogP contribution is 2.17. The lowest BCUT2D eigenvalue weighted by Gasteiger charge is -2.26. The van der Waals surface area contributed by atoms with Gasteiger partial charge in [0.05, 0.1) is 13.1 Å². The third-order valence-electron chi connectivity index (χ3n) is 5.02. The highest BCUT2D eigenvalue weighted by molar-refractivity contribution is 7.80. The summed E-state index contributed by atoms with van der Waals surface area (Å²) in [7, 11) is 0. The highest BCUT2D eigenvalue weighted by atomic mass is 32.1. The van der Waals surface area contributed by atoms with Crippen LogP contribution in [0.4, 0.5) is 0 Å². The second-order valence-electron chi connectivity index (χ2n) is 7.42. The summed E-state index contributed by atoms with van der Waals surface area (Å²) in [4.78, 5) is 14.3. The zero-order valence-electron chi connectivity index (χ0n) is 16.4. The van der Waals surface area contributed by atoms with Gasteiger partial charge in [0, 0.05) is 12.6 Å². The minimum absolute atomic E-state index is 0.00255. The van der Waals surface area contributed by atoms with Gasteiger partial charge in [0.15, 0.2) is 5.11 Å². The van der Waals surface area contributed by atoms with Crippen molar-refractivity contribution in [1.29, 1.82) is 0 Å². The van der Waals surface area contributed by atoms with Gasteiger partial charge < -0.3 is 20.0 Å². The number of furan rings is 1. The zero-order valence-corrected chi connectivity index (χ0v) is 17.3. The molecule has 28 heavy (non-hydrogen) atoms. The van der Waals surface area contributed by atoms with Crippen molar-refractivity contribution < 1.29 is 9.21 Å². The van der Waals surface area contributed by atoms with Crippen LogP contribution < -0.4 is 10.6 Å². The molecule has 1 fully saturated rings. The summed E-state index contributed by atoms with van der Waals surface area (Å²) in [5, 5.41) is 6.79. The van der Waals surface area contributed by atoms with Gasteiger partial charge in [-0.2, -0.15) is 0 Å². The molecule has 0 saturated heterocycles. The van der Waals surface area contributed by atoms with Crippen LogP contribution in [-0.4, -0.2) is 28.5 Å². The van der Waals surface area contributed by atoms with E-state index in [9.17, 15) is 4.79 Å². The molecule has 6 heteroatoms. The van der Waals surface area contributed by atoms with Crippen LogP contribution in [0.3, 0.4) is 0 Å². The Kier molecular flexibility index (Phi) is 7.48. The number of thiocarbonyl (C=S) groups is 1. The molecule has 1 aromatic heterocycles. The minimum Gasteiger partial charge on any atom is -0.464 e. The second kappa shape index (κ2) is 10.3. The molecule has 0 spiro atoms. The molecule has 0 radical (unpaired) electrons. The Hall–Kier alpha value is -2.34. The van der Waals surface area contributed by atoms with Crippen molar-refractivity contribution >= 4 is 23.2 Å². The van der Waals surface area contributed by atoms with E-state index in [0.717, 1.165) is 29.9 Å². The second-order valence-corrected chi connectivity index (χ2v) is 7.80. The maximum atomic E-state index is 12.3. The predicted molar refractivity (Wildman–Crippen MR) is 115 cm³/mol. The summed E-state index contributed by atoms with van der Waals surface area (Å²) in [6.07, 6.45) is 5.83. The summed E-state index contributed by atoms with van der Waals surface area (Å²) in [5.74, 6) is 1.73. The van der Waals surface area contributed by atoms with Gasteiger partial charge in [-0.3, -0.25) is 4.79 Å². The maximum Gasteiger partial charge on any atom is 0.239 e. The number of carbonyl (C=O) groups excluding carboxylic acids is 1.